The van der Waals surface area contributed by atoms with Gasteiger partial charge in [-0.05, 0) is 49.8 Å². The Hall–Kier alpha value is -0.340. The standard InChI is InChI=1S/C16H29NS/c1-6-10-17-16(13(5)12(3)4)11-15-9-8-14(7-2)18-15/h8-9,12-13,16-17H,6-7,10-11H2,1-5H3. The second-order valence-corrected chi connectivity index (χ2v) is 6.84. The molecule has 2 heteroatoms. The van der Waals surface area contributed by atoms with Gasteiger partial charge in [0, 0.05) is 15.8 Å². The Morgan fingerprint density at radius 1 is 1.11 bits per heavy atom. The fraction of sp³-hybridized carbons (Fsp3) is 0.750. The molecule has 1 aromatic rings. The van der Waals surface area contributed by atoms with Crippen LogP contribution in [0.3, 0.4) is 0 Å². The number of hydrogen-bond acceptors (Lipinski definition) is 2. The minimum Gasteiger partial charge on any atom is -0.313 e. The summed E-state index contributed by atoms with van der Waals surface area (Å²) < 4.78 is 0. The molecule has 0 aliphatic carbocycles. The SMILES string of the molecule is CCCNC(Cc1ccc(CC)s1)C(C)C(C)C. The van der Waals surface area contributed by atoms with Crippen molar-refractivity contribution in [2.75, 3.05) is 6.54 Å². The first-order valence-electron chi connectivity index (χ1n) is 7.39. The van der Waals surface area contributed by atoms with Gasteiger partial charge in [-0.1, -0.05) is 34.6 Å². The van der Waals surface area contributed by atoms with E-state index in [1.54, 1.807) is 0 Å². The molecule has 0 bridgehead atoms. The quantitative estimate of drug-likeness (QED) is 0.730. The Kier molecular flexibility index (Phi) is 6.95. The molecule has 1 nitrogen and oxygen atoms in total. The van der Waals surface area contributed by atoms with E-state index in [-0.39, 0.29) is 0 Å². The lowest BCUT2D eigenvalue weighted by molar-refractivity contribution is 0.298. The first kappa shape index (κ1) is 15.7. The van der Waals surface area contributed by atoms with Gasteiger partial charge < -0.3 is 5.32 Å². The van der Waals surface area contributed by atoms with Crippen LogP contribution in [0.15, 0.2) is 12.1 Å². The highest BCUT2D eigenvalue weighted by molar-refractivity contribution is 7.11. The maximum Gasteiger partial charge on any atom is 0.0143 e. The van der Waals surface area contributed by atoms with E-state index in [9.17, 15) is 0 Å². The zero-order chi connectivity index (χ0) is 13.5. The van der Waals surface area contributed by atoms with Crippen LogP contribution < -0.4 is 5.32 Å². The monoisotopic (exact) mass is 267 g/mol. The molecule has 1 rings (SSSR count). The fourth-order valence-corrected chi connectivity index (χ4v) is 3.19. The van der Waals surface area contributed by atoms with E-state index in [0.717, 1.165) is 24.8 Å². The molecule has 0 radical (unpaired) electrons. The minimum absolute atomic E-state index is 0.619. The Morgan fingerprint density at radius 2 is 1.78 bits per heavy atom. The number of rotatable bonds is 8. The minimum atomic E-state index is 0.619. The zero-order valence-corrected chi connectivity index (χ0v) is 13.4. The molecule has 18 heavy (non-hydrogen) atoms. The van der Waals surface area contributed by atoms with Gasteiger partial charge in [-0.3, -0.25) is 0 Å². The highest BCUT2D eigenvalue weighted by Crippen LogP contribution is 2.23. The van der Waals surface area contributed by atoms with Gasteiger partial charge >= 0.3 is 0 Å². The van der Waals surface area contributed by atoms with Gasteiger partial charge in [0.15, 0.2) is 0 Å². The summed E-state index contributed by atoms with van der Waals surface area (Å²) in [5, 5.41) is 3.73. The molecule has 2 atom stereocenters. The molecule has 0 aromatic carbocycles. The van der Waals surface area contributed by atoms with Crippen molar-refractivity contribution in [2.45, 2.75) is 59.9 Å². The van der Waals surface area contributed by atoms with Crippen LogP contribution in [0, 0.1) is 11.8 Å². The Bertz CT molecular complexity index is 330. The van der Waals surface area contributed by atoms with Gasteiger partial charge in [-0.2, -0.15) is 0 Å². The predicted molar refractivity (Wildman–Crippen MR) is 83.5 cm³/mol. The van der Waals surface area contributed by atoms with Crippen molar-refractivity contribution in [3.8, 4) is 0 Å². The molecule has 0 aliphatic rings. The van der Waals surface area contributed by atoms with E-state index < -0.39 is 0 Å². The summed E-state index contributed by atoms with van der Waals surface area (Å²) >= 11 is 1.98. The lowest BCUT2D eigenvalue weighted by atomic mass is 9.88. The van der Waals surface area contributed by atoms with E-state index >= 15 is 0 Å². The van der Waals surface area contributed by atoms with Crippen LogP contribution >= 0.6 is 11.3 Å². The number of nitrogens with one attached hydrogen (secondary N) is 1. The second-order valence-electron chi connectivity index (χ2n) is 5.59. The van der Waals surface area contributed by atoms with E-state index in [1.165, 1.54) is 22.6 Å². The van der Waals surface area contributed by atoms with E-state index in [1.807, 2.05) is 11.3 Å². The normalized spacial score (nSPS) is 15.0. The van der Waals surface area contributed by atoms with Crippen LogP contribution in [0.25, 0.3) is 0 Å². The van der Waals surface area contributed by atoms with E-state index in [4.69, 9.17) is 0 Å². The van der Waals surface area contributed by atoms with Gasteiger partial charge in [-0.25, -0.2) is 0 Å². The summed E-state index contributed by atoms with van der Waals surface area (Å²) in [4.78, 5) is 3.05. The van der Waals surface area contributed by atoms with Crippen molar-refractivity contribution in [3.05, 3.63) is 21.9 Å². The Morgan fingerprint density at radius 3 is 2.28 bits per heavy atom. The fourth-order valence-electron chi connectivity index (χ4n) is 2.18. The van der Waals surface area contributed by atoms with Crippen LogP contribution in [0.1, 0.15) is 50.8 Å². The molecule has 0 spiro atoms. The van der Waals surface area contributed by atoms with Gasteiger partial charge in [0.05, 0.1) is 0 Å². The lowest BCUT2D eigenvalue weighted by Gasteiger charge is -2.27. The average molecular weight is 267 g/mol. The van der Waals surface area contributed by atoms with Crippen LogP contribution in [-0.2, 0) is 12.8 Å². The molecular weight excluding hydrogens is 238 g/mol. The molecule has 0 fully saturated rings. The van der Waals surface area contributed by atoms with Gasteiger partial charge in [0.1, 0.15) is 0 Å². The van der Waals surface area contributed by atoms with Crippen molar-refractivity contribution < 1.29 is 0 Å². The summed E-state index contributed by atoms with van der Waals surface area (Å²) in [5.41, 5.74) is 0. The van der Waals surface area contributed by atoms with Crippen LogP contribution in [-0.4, -0.2) is 12.6 Å². The summed E-state index contributed by atoms with van der Waals surface area (Å²) in [7, 11) is 0. The Labute approximate surface area is 117 Å². The maximum absolute atomic E-state index is 3.73. The molecule has 1 N–H and O–H groups in total. The molecule has 0 saturated heterocycles. The van der Waals surface area contributed by atoms with Crippen molar-refractivity contribution in [1.29, 1.82) is 0 Å². The highest BCUT2D eigenvalue weighted by Gasteiger charge is 2.20. The van der Waals surface area contributed by atoms with E-state index in [2.05, 4.69) is 52.1 Å². The molecule has 1 aromatic heterocycles. The molecule has 0 amide bonds. The lowest BCUT2D eigenvalue weighted by Crippen LogP contribution is -2.39. The first-order valence-corrected chi connectivity index (χ1v) is 8.21. The zero-order valence-electron chi connectivity index (χ0n) is 12.6. The maximum atomic E-state index is 3.73. The number of thiophene rings is 1. The van der Waals surface area contributed by atoms with Crippen molar-refractivity contribution in [1.82, 2.24) is 5.32 Å². The van der Waals surface area contributed by atoms with Crippen molar-refractivity contribution >= 4 is 11.3 Å². The molecule has 1 heterocycles. The highest BCUT2D eigenvalue weighted by atomic mass is 32.1. The van der Waals surface area contributed by atoms with Crippen LogP contribution in [0.4, 0.5) is 0 Å². The molecule has 104 valence electrons. The van der Waals surface area contributed by atoms with Gasteiger partial charge in [-0.15, -0.1) is 11.3 Å². The van der Waals surface area contributed by atoms with Gasteiger partial charge in [0.25, 0.3) is 0 Å². The van der Waals surface area contributed by atoms with Crippen LogP contribution in [0.5, 0.6) is 0 Å². The largest absolute Gasteiger partial charge is 0.313 e. The van der Waals surface area contributed by atoms with Crippen molar-refractivity contribution in [3.63, 3.8) is 0 Å². The summed E-state index contributed by atoms with van der Waals surface area (Å²) in [6, 6.07) is 5.22. The molecule has 0 saturated carbocycles. The topological polar surface area (TPSA) is 12.0 Å². The third-order valence-corrected chi connectivity index (χ3v) is 5.08. The van der Waals surface area contributed by atoms with E-state index in [0.29, 0.717) is 6.04 Å². The van der Waals surface area contributed by atoms with Crippen LogP contribution in [0.2, 0.25) is 0 Å². The first-order chi connectivity index (χ1) is 8.58. The molecule has 0 aliphatic heterocycles. The average Bonchev–Trinajstić information content (AvgIpc) is 2.81. The Balaban J connectivity index is 2.64. The number of aryl methyl sites for hydroxylation is 1. The number of hydrogen-bond donors (Lipinski definition) is 1. The third-order valence-electron chi connectivity index (χ3n) is 3.83. The van der Waals surface area contributed by atoms with Crippen molar-refractivity contribution in [2.24, 2.45) is 11.8 Å². The molecular formula is C16H29NS. The third kappa shape index (κ3) is 4.74. The summed E-state index contributed by atoms with van der Waals surface area (Å²) in [6.45, 7) is 12.7. The summed E-state index contributed by atoms with van der Waals surface area (Å²) in [6.07, 6.45) is 3.56. The second kappa shape index (κ2) is 7.96. The predicted octanol–water partition coefficient (Wildman–Crippen LogP) is 4.51. The summed E-state index contributed by atoms with van der Waals surface area (Å²) in [5.74, 6) is 1.47. The van der Waals surface area contributed by atoms with Gasteiger partial charge in [0.2, 0.25) is 0 Å². The smallest absolute Gasteiger partial charge is 0.0143 e. The molecule has 2 unspecified atom stereocenters.